The summed E-state index contributed by atoms with van der Waals surface area (Å²) in [5.41, 5.74) is 3.08. The van der Waals surface area contributed by atoms with Crippen LogP contribution in [0.5, 0.6) is 11.5 Å². The zero-order chi connectivity index (χ0) is 21.6. The van der Waals surface area contributed by atoms with E-state index < -0.39 is 10.1 Å². The molecule has 2 aliphatic rings. The predicted molar refractivity (Wildman–Crippen MR) is 116 cm³/mol. The molecule has 1 saturated heterocycles. The van der Waals surface area contributed by atoms with Crippen molar-refractivity contribution in [2.75, 3.05) is 13.1 Å². The fourth-order valence-electron chi connectivity index (χ4n) is 4.01. The monoisotopic (exact) mass is 435 g/mol. The Morgan fingerprint density at radius 1 is 0.935 bits per heavy atom. The average Bonchev–Trinajstić information content (AvgIpc) is 3.37. The van der Waals surface area contributed by atoms with Gasteiger partial charge >= 0.3 is 10.1 Å². The van der Waals surface area contributed by atoms with E-state index in [1.807, 2.05) is 19.1 Å². The Labute approximate surface area is 180 Å². The highest BCUT2D eigenvalue weighted by Gasteiger charge is 2.35. The van der Waals surface area contributed by atoms with Gasteiger partial charge in [-0.3, -0.25) is 4.79 Å². The quantitative estimate of drug-likeness (QED) is 0.481. The second-order valence-corrected chi connectivity index (χ2v) is 9.32. The number of aryl methyl sites for hydroxylation is 1. The molecule has 1 N–H and O–H groups in total. The number of nitrogens with one attached hydrogen (secondary N) is 1. The molecule has 0 unspecified atom stereocenters. The zero-order valence-corrected chi connectivity index (χ0v) is 17.7. The Balaban J connectivity index is 1.63. The summed E-state index contributed by atoms with van der Waals surface area (Å²) < 4.78 is 37.9. The smallest absolute Gasteiger partial charge is 0.339 e. The largest absolute Gasteiger partial charge is 0.485 e. The number of benzene rings is 3. The Kier molecular flexibility index (Phi) is 4.79. The molecule has 3 aromatic carbocycles. The van der Waals surface area contributed by atoms with Crippen LogP contribution in [-0.4, -0.2) is 33.4 Å². The summed E-state index contributed by atoms with van der Waals surface area (Å²) in [6.07, 6.45) is 0.663. The van der Waals surface area contributed by atoms with E-state index in [0.717, 1.165) is 24.1 Å². The molecule has 0 bridgehead atoms. The topological polar surface area (TPSA) is 81.7 Å². The van der Waals surface area contributed by atoms with Crippen molar-refractivity contribution in [3.8, 4) is 22.6 Å². The second kappa shape index (κ2) is 7.51. The van der Waals surface area contributed by atoms with Crippen molar-refractivity contribution in [2.45, 2.75) is 24.3 Å². The Bertz CT molecular complexity index is 1280. The van der Waals surface area contributed by atoms with Gasteiger partial charge in [0.2, 0.25) is 0 Å². The van der Waals surface area contributed by atoms with Gasteiger partial charge in [0.25, 0.3) is 0 Å². The lowest BCUT2D eigenvalue weighted by Gasteiger charge is -2.18. The molecule has 31 heavy (non-hydrogen) atoms. The molecule has 1 fully saturated rings. The zero-order valence-electron chi connectivity index (χ0n) is 16.9. The van der Waals surface area contributed by atoms with E-state index in [1.54, 1.807) is 36.4 Å². The van der Waals surface area contributed by atoms with Crippen molar-refractivity contribution in [3.05, 3.63) is 77.4 Å². The lowest BCUT2D eigenvalue weighted by Crippen LogP contribution is -2.21. The van der Waals surface area contributed by atoms with Crippen molar-refractivity contribution >= 4 is 15.9 Å². The maximum atomic E-state index is 13.2. The third-order valence-corrected chi connectivity index (χ3v) is 6.86. The van der Waals surface area contributed by atoms with E-state index in [1.165, 1.54) is 12.1 Å². The molecule has 1 heterocycles. The first kappa shape index (κ1) is 19.8. The van der Waals surface area contributed by atoms with Crippen LogP contribution in [0.4, 0.5) is 0 Å². The predicted octanol–water partition coefficient (Wildman–Crippen LogP) is 3.71. The molecule has 0 aromatic heterocycles. The van der Waals surface area contributed by atoms with Crippen molar-refractivity contribution < 1.29 is 22.1 Å². The highest BCUT2D eigenvalue weighted by Crippen LogP contribution is 2.46. The number of ketones is 1. The molecule has 1 atom stereocenters. The van der Waals surface area contributed by atoms with Gasteiger partial charge in [0, 0.05) is 12.1 Å². The normalized spacial score (nSPS) is 17.3. The Morgan fingerprint density at radius 2 is 1.68 bits per heavy atom. The van der Waals surface area contributed by atoms with Crippen LogP contribution < -0.4 is 14.2 Å². The Hall–Kier alpha value is -3.16. The van der Waals surface area contributed by atoms with Crippen LogP contribution in [0.1, 0.15) is 27.9 Å². The number of fused-ring (bicyclic) bond motifs is 3. The maximum Gasteiger partial charge on any atom is 0.339 e. The van der Waals surface area contributed by atoms with Crippen LogP contribution in [0, 0.1) is 6.92 Å². The molecule has 5 rings (SSSR count). The first-order chi connectivity index (χ1) is 14.9. The number of carbonyl (C=O) groups is 1. The van der Waals surface area contributed by atoms with E-state index in [9.17, 15) is 13.2 Å². The first-order valence-electron chi connectivity index (χ1n) is 10.1. The second-order valence-electron chi connectivity index (χ2n) is 7.77. The average molecular weight is 436 g/mol. The van der Waals surface area contributed by atoms with Gasteiger partial charge in [-0.25, -0.2) is 0 Å². The van der Waals surface area contributed by atoms with Gasteiger partial charge in [0.1, 0.15) is 11.0 Å². The molecule has 0 spiro atoms. The van der Waals surface area contributed by atoms with Crippen LogP contribution >= 0.6 is 0 Å². The summed E-state index contributed by atoms with van der Waals surface area (Å²) in [4.78, 5) is 13.2. The third-order valence-electron chi connectivity index (χ3n) is 5.62. The maximum absolute atomic E-state index is 13.2. The van der Waals surface area contributed by atoms with Gasteiger partial charge in [-0.2, -0.15) is 8.42 Å². The lowest BCUT2D eigenvalue weighted by atomic mass is 10.1. The van der Waals surface area contributed by atoms with Crippen molar-refractivity contribution in [1.29, 1.82) is 0 Å². The molecule has 0 saturated carbocycles. The SMILES string of the molecule is Cc1ccc(S(=O)(=O)Oc2c(O[C@H]3CCNC3)ccc3c2C(=O)c2ccccc2-3)cc1. The fourth-order valence-corrected chi connectivity index (χ4v) is 4.96. The molecule has 7 heteroatoms. The van der Waals surface area contributed by atoms with Crippen LogP contribution in [0.15, 0.2) is 65.6 Å². The number of hydrogen-bond acceptors (Lipinski definition) is 6. The molecule has 6 nitrogen and oxygen atoms in total. The van der Waals surface area contributed by atoms with Crippen LogP contribution in [-0.2, 0) is 10.1 Å². The molecule has 0 amide bonds. The minimum atomic E-state index is -4.17. The molecule has 3 aromatic rings. The van der Waals surface area contributed by atoms with Crippen molar-refractivity contribution in [3.63, 3.8) is 0 Å². The van der Waals surface area contributed by atoms with Gasteiger partial charge < -0.3 is 14.2 Å². The van der Waals surface area contributed by atoms with Gasteiger partial charge in [-0.05, 0) is 55.3 Å². The van der Waals surface area contributed by atoms with E-state index >= 15 is 0 Å². The molecule has 1 aliphatic carbocycles. The number of rotatable bonds is 5. The van der Waals surface area contributed by atoms with Gasteiger partial charge in [-0.1, -0.05) is 42.0 Å². The first-order valence-corrected chi connectivity index (χ1v) is 11.5. The van der Waals surface area contributed by atoms with Crippen molar-refractivity contribution in [1.82, 2.24) is 5.32 Å². The molecular weight excluding hydrogens is 414 g/mol. The van der Waals surface area contributed by atoms with E-state index in [2.05, 4.69) is 5.32 Å². The summed E-state index contributed by atoms with van der Waals surface area (Å²) in [6, 6.07) is 17.1. The minimum absolute atomic E-state index is 0.0205. The fraction of sp³-hybridized carbons (Fsp3) is 0.208. The summed E-state index contributed by atoms with van der Waals surface area (Å²) in [5.74, 6) is -0.0647. The van der Waals surface area contributed by atoms with Crippen molar-refractivity contribution in [2.24, 2.45) is 0 Å². The number of ether oxygens (including phenoxy) is 1. The molecule has 1 aliphatic heterocycles. The summed E-state index contributed by atoms with van der Waals surface area (Å²) in [6.45, 7) is 3.34. The summed E-state index contributed by atoms with van der Waals surface area (Å²) >= 11 is 0. The van der Waals surface area contributed by atoms with E-state index in [4.69, 9.17) is 8.92 Å². The minimum Gasteiger partial charge on any atom is -0.485 e. The standard InChI is InChI=1S/C24H21NO5S/c1-15-6-8-17(9-7-15)31(27,28)30-24-21(29-16-12-13-25-14-16)11-10-19-18-4-2-3-5-20(18)23(26)22(19)24/h2-11,16,25H,12-14H2,1H3/t16-/m0/s1. The number of carbonyl (C=O) groups excluding carboxylic acids is 1. The van der Waals surface area contributed by atoms with Crippen LogP contribution in [0.25, 0.3) is 11.1 Å². The van der Waals surface area contributed by atoms with Gasteiger partial charge in [0.15, 0.2) is 17.3 Å². The van der Waals surface area contributed by atoms with Crippen LogP contribution in [0.3, 0.4) is 0 Å². The lowest BCUT2D eigenvalue weighted by molar-refractivity contribution is 0.104. The third kappa shape index (κ3) is 3.49. The summed E-state index contributed by atoms with van der Waals surface area (Å²) in [7, 11) is -4.17. The van der Waals surface area contributed by atoms with E-state index in [-0.39, 0.29) is 33.8 Å². The highest BCUT2D eigenvalue weighted by molar-refractivity contribution is 7.87. The molecule has 0 radical (unpaired) electrons. The summed E-state index contributed by atoms with van der Waals surface area (Å²) in [5, 5.41) is 3.22. The highest BCUT2D eigenvalue weighted by atomic mass is 32.2. The van der Waals surface area contributed by atoms with Gasteiger partial charge in [0.05, 0.1) is 5.56 Å². The van der Waals surface area contributed by atoms with E-state index in [0.29, 0.717) is 17.7 Å². The number of hydrogen-bond donors (Lipinski definition) is 1. The van der Waals surface area contributed by atoms with Crippen LogP contribution in [0.2, 0.25) is 0 Å². The molecular formula is C24H21NO5S. The molecule has 158 valence electrons. The van der Waals surface area contributed by atoms with Gasteiger partial charge in [-0.15, -0.1) is 0 Å². The Morgan fingerprint density at radius 3 is 2.39 bits per heavy atom.